The first-order valence-corrected chi connectivity index (χ1v) is 7.57. The van der Waals surface area contributed by atoms with Gasteiger partial charge in [-0.15, -0.1) is 0 Å². The van der Waals surface area contributed by atoms with Gasteiger partial charge in [0, 0.05) is 24.6 Å². The standard InChI is InChI=1S/C16H23NO3/c1-2-18-15-5-3-13(4-6-15)17-14-7-9-16(10-8-14)19-11-12-20-16/h3-6,14,17H,2,7-12H2,1H3. The van der Waals surface area contributed by atoms with E-state index < -0.39 is 0 Å². The van der Waals surface area contributed by atoms with Crippen LogP contribution in [0.2, 0.25) is 0 Å². The van der Waals surface area contributed by atoms with Gasteiger partial charge in [-0.2, -0.15) is 0 Å². The van der Waals surface area contributed by atoms with E-state index in [0.29, 0.717) is 12.6 Å². The van der Waals surface area contributed by atoms with Gasteiger partial charge >= 0.3 is 0 Å². The van der Waals surface area contributed by atoms with Crippen LogP contribution in [0.3, 0.4) is 0 Å². The number of hydrogen-bond acceptors (Lipinski definition) is 4. The van der Waals surface area contributed by atoms with E-state index in [-0.39, 0.29) is 5.79 Å². The molecule has 1 aliphatic heterocycles. The maximum Gasteiger partial charge on any atom is 0.168 e. The summed E-state index contributed by atoms with van der Waals surface area (Å²) in [6.07, 6.45) is 4.16. The molecule has 0 bridgehead atoms. The van der Waals surface area contributed by atoms with Gasteiger partial charge in [0.2, 0.25) is 0 Å². The molecule has 2 aliphatic rings. The molecule has 1 aliphatic carbocycles. The average Bonchev–Trinajstić information content (AvgIpc) is 2.93. The highest BCUT2D eigenvalue weighted by molar-refractivity contribution is 5.47. The van der Waals surface area contributed by atoms with Crippen molar-refractivity contribution < 1.29 is 14.2 Å². The van der Waals surface area contributed by atoms with Crippen LogP contribution in [0.15, 0.2) is 24.3 Å². The first-order chi connectivity index (χ1) is 9.80. The SMILES string of the molecule is CCOc1ccc(NC2CCC3(CC2)OCCO3)cc1. The fourth-order valence-electron chi connectivity index (χ4n) is 3.04. The molecule has 1 spiro atoms. The maximum atomic E-state index is 5.76. The fourth-order valence-corrected chi connectivity index (χ4v) is 3.04. The van der Waals surface area contributed by atoms with Crippen LogP contribution in [0.25, 0.3) is 0 Å². The van der Waals surface area contributed by atoms with Gasteiger partial charge in [0.25, 0.3) is 0 Å². The number of benzene rings is 1. The number of anilines is 1. The first-order valence-electron chi connectivity index (χ1n) is 7.57. The molecule has 0 radical (unpaired) electrons. The Morgan fingerprint density at radius 3 is 2.40 bits per heavy atom. The summed E-state index contributed by atoms with van der Waals surface area (Å²) in [5.41, 5.74) is 1.16. The minimum absolute atomic E-state index is 0.267. The number of rotatable bonds is 4. The quantitative estimate of drug-likeness (QED) is 0.917. The molecule has 1 saturated heterocycles. The third-order valence-corrected chi connectivity index (χ3v) is 4.10. The van der Waals surface area contributed by atoms with Gasteiger partial charge < -0.3 is 19.5 Å². The lowest BCUT2D eigenvalue weighted by Crippen LogP contribution is -2.39. The van der Waals surface area contributed by atoms with E-state index in [9.17, 15) is 0 Å². The van der Waals surface area contributed by atoms with E-state index in [1.807, 2.05) is 19.1 Å². The van der Waals surface area contributed by atoms with Crippen molar-refractivity contribution in [2.45, 2.75) is 44.4 Å². The maximum absolute atomic E-state index is 5.76. The summed E-state index contributed by atoms with van der Waals surface area (Å²) in [4.78, 5) is 0. The topological polar surface area (TPSA) is 39.7 Å². The summed E-state index contributed by atoms with van der Waals surface area (Å²) in [6.45, 7) is 4.20. The molecule has 2 fully saturated rings. The summed E-state index contributed by atoms with van der Waals surface area (Å²) in [7, 11) is 0. The van der Waals surface area contributed by atoms with Crippen LogP contribution in [0.1, 0.15) is 32.6 Å². The number of hydrogen-bond donors (Lipinski definition) is 1. The van der Waals surface area contributed by atoms with Gasteiger partial charge in [0.1, 0.15) is 5.75 Å². The van der Waals surface area contributed by atoms with Crippen molar-refractivity contribution in [2.75, 3.05) is 25.1 Å². The third kappa shape index (κ3) is 3.07. The molecule has 1 aromatic rings. The predicted octanol–water partition coefficient (Wildman–Crippen LogP) is 3.18. The van der Waals surface area contributed by atoms with Gasteiger partial charge in [-0.05, 0) is 44.0 Å². The van der Waals surface area contributed by atoms with E-state index in [4.69, 9.17) is 14.2 Å². The average molecular weight is 277 g/mol. The van der Waals surface area contributed by atoms with Crippen LogP contribution in [0.4, 0.5) is 5.69 Å². The molecular formula is C16H23NO3. The monoisotopic (exact) mass is 277 g/mol. The van der Waals surface area contributed by atoms with E-state index in [1.54, 1.807) is 0 Å². The second kappa shape index (κ2) is 6.02. The van der Waals surface area contributed by atoms with Crippen molar-refractivity contribution in [2.24, 2.45) is 0 Å². The molecule has 0 amide bonds. The lowest BCUT2D eigenvalue weighted by atomic mass is 9.90. The van der Waals surface area contributed by atoms with Crippen LogP contribution in [0.5, 0.6) is 5.75 Å². The Labute approximate surface area is 120 Å². The van der Waals surface area contributed by atoms with Gasteiger partial charge in [-0.3, -0.25) is 0 Å². The zero-order valence-electron chi connectivity index (χ0n) is 12.1. The predicted molar refractivity (Wildman–Crippen MR) is 78.1 cm³/mol. The van der Waals surface area contributed by atoms with E-state index in [0.717, 1.165) is 50.3 Å². The molecule has 20 heavy (non-hydrogen) atoms. The Balaban J connectivity index is 1.51. The first kappa shape index (κ1) is 13.7. The lowest BCUT2D eigenvalue weighted by Gasteiger charge is -2.36. The highest BCUT2D eigenvalue weighted by Gasteiger charge is 2.40. The lowest BCUT2D eigenvalue weighted by molar-refractivity contribution is -0.177. The van der Waals surface area contributed by atoms with Crippen LogP contribution in [0, 0.1) is 0 Å². The molecule has 1 aromatic carbocycles. The van der Waals surface area contributed by atoms with Gasteiger partial charge in [-0.1, -0.05) is 0 Å². The highest BCUT2D eigenvalue weighted by Crippen LogP contribution is 2.36. The van der Waals surface area contributed by atoms with Crippen molar-refractivity contribution in [1.29, 1.82) is 0 Å². The molecular weight excluding hydrogens is 254 g/mol. The molecule has 1 N–H and O–H groups in total. The van der Waals surface area contributed by atoms with Crippen molar-refractivity contribution in [3.63, 3.8) is 0 Å². The van der Waals surface area contributed by atoms with E-state index in [1.165, 1.54) is 0 Å². The summed E-state index contributed by atoms with van der Waals surface area (Å²) in [5.74, 6) is 0.658. The molecule has 1 heterocycles. The molecule has 0 aromatic heterocycles. The molecule has 0 unspecified atom stereocenters. The van der Waals surface area contributed by atoms with Crippen LogP contribution >= 0.6 is 0 Å². The van der Waals surface area contributed by atoms with Crippen LogP contribution in [-0.4, -0.2) is 31.6 Å². The zero-order valence-corrected chi connectivity index (χ0v) is 12.1. The summed E-state index contributed by atoms with van der Waals surface area (Å²) in [5, 5.41) is 3.59. The van der Waals surface area contributed by atoms with E-state index in [2.05, 4.69) is 17.4 Å². The summed E-state index contributed by atoms with van der Waals surface area (Å²) >= 11 is 0. The minimum atomic E-state index is -0.267. The van der Waals surface area contributed by atoms with Crippen molar-refractivity contribution >= 4 is 5.69 Å². The normalized spacial score (nSPS) is 22.1. The Kier molecular flexibility index (Phi) is 4.13. The highest BCUT2D eigenvalue weighted by atomic mass is 16.7. The van der Waals surface area contributed by atoms with Crippen LogP contribution in [-0.2, 0) is 9.47 Å². The van der Waals surface area contributed by atoms with E-state index >= 15 is 0 Å². The van der Waals surface area contributed by atoms with Crippen LogP contribution < -0.4 is 10.1 Å². The second-order valence-electron chi connectivity index (χ2n) is 5.48. The number of nitrogens with one attached hydrogen (secondary N) is 1. The van der Waals surface area contributed by atoms with Crippen molar-refractivity contribution in [1.82, 2.24) is 0 Å². The molecule has 4 heteroatoms. The Morgan fingerprint density at radius 1 is 1.15 bits per heavy atom. The molecule has 3 rings (SSSR count). The van der Waals surface area contributed by atoms with Gasteiger partial charge in [-0.25, -0.2) is 0 Å². The zero-order chi connectivity index (χ0) is 13.8. The van der Waals surface area contributed by atoms with Gasteiger partial charge in [0.15, 0.2) is 5.79 Å². The molecule has 0 atom stereocenters. The largest absolute Gasteiger partial charge is 0.494 e. The molecule has 110 valence electrons. The Bertz CT molecular complexity index is 416. The Hall–Kier alpha value is -1.26. The second-order valence-corrected chi connectivity index (χ2v) is 5.48. The number of ether oxygens (including phenoxy) is 3. The minimum Gasteiger partial charge on any atom is -0.494 e. The molecule has 4 nitrogen and oxygen atoms in total. The summed E-state index contributed by atoms with van der Waals surface area (Å²) < 4.78 is 17.0. The third-order valence-electron chi connectivity index (χ3n) is 4.10. The smallest absolute Gasteiger partial charge is 0.168 e. The molecule has 1 saturated carbocycles. The van der Waals surface area contributed by atoms with Crippen molar-refractivity contribution in [3.8, 4) is 5.75 Å². The summed E-state index contributed by atoms with van der Waals surface area (Å²) in [6, 6.07) is 8.69. The van der Waals surface area contributed by atoms with Crippen molar-refractivity contribution in [3.05, 3.63) is 24.3 Å². The van der Waals surface area contributed by atoms with Gasteiger partial charge in [0.05, 0.1) is 19.8 Å². The fraction of sp³-hybridized carbons (Fsp3) is 0.625. The Morgan fingerprint density at radius 2 is 1.80 bits per heavy atom.